The highest BCUT2D eigenvalue weighted by atomic mass is 19.1. The lowest BCUT2D eigenvalue weighted by Gasteiger charge is -2.37. The number of benzene rings is 1. The molecule has 1 aromatic rings. The average molecular weight is 324 g/mol. The minimum absolute atomic E-state index is 0.202. The van der Waals surface area contributed by atoms with E-state index in [4.69, 9.17) is 5.11 Å². The Morgan fingerprint density at radius 3 is 2.52 bits per heavy atom. The second kappa shape index (κ2) is 8.38. The number of hydrogen-bond acceptors (Lipinski definition) is 4. The number of carboxylic acid groups (broad SMARTS) is 1. The summed E-state index contributed by atoms with van der Waals surface area (Å²) in [6, 6.07) is 3.78. The molecule has 1 aliphatic heterocycles. The van der Waals surface area contributed by atoms with E-state index < -0.39 is 17.8 Å². The molecule has 0 unspecified atom stereocenters. The van der Waals surface area contributed by atoms with E-state index in [0.29, 0.717) is 13.1 Å². The fraction of sp³-hybridized carbons (Fsp3) is 0.588. The van der Waals surface area contributed by atoms with Gasteiger partial charge in [0.1, 0.15) is 11.9 Å². The predicted octanol–water partition coefficient (Wildman–Crippen LogP) is 1.65. The molecule has 128 valence electrons. The van der Waals surface area contributed by atoms with Gasteiger partial charge in [-0.25, -0.2) is 4.39 Å². The van der Waals surface area contributed by atoms with E-state index in [0.717, 1.165) is 38.0 Å². The summed E-state index contributed by atoms with van der Waals surface area (Å²) in [7, 11) is 0. The van der Waals surface area contributed by atoms with Crippen LogP contribution in [0.1, 0.15) is 30.0 Å². The second-order valence-corrected chi connectivity index (χ2v) is 6.07. The average Bonchev–Trinajstić information content (AvgIpc) is 2.51. The van der Waals surface area contributed by atoms with Crippen LogP contribution in [0.4, 0.5) is 4.39 Å². The quantitative estimate of drug-likeness (QED) is 0.747. The van der Waals surface area contributed by atoms with Crippen molar-refractivity contribution in [2.45, 2.75) is 25.8 Å². The van der Waals surface area contributed by atoms with E-state index >= 15 is 0 Å². The van der Waals surface area contributed by atoms with Crippen LogP contribution >= 0.6 is 0 Å². The van der Waals surface area contributed by atoms with Gasteiger partial charge < -0.3 is 15.1 Å². The van der Waals surface area contributed by atoms with Crippen LogP contribution in [0.5, 0.6) is 0 Å². The number of nitrogens with zero attached hydrogens (tertiary/aromatic N) is 2. The number of rotatable bonds is 7. The Balaban J connectivity index is 2.02. The van der Waals surface area contributed by atoms with Gasteiger partial charge in [-0.05, 0) is 37.9 Å². The molecule has 1 heterocycles. The van der Waals surface area contributed by atoms with Crippen LogP contribution in [0, 0.1) is 12.7 Å². The maximum absolute atomic E-state index is 14.2. The third kappa shape index (κ3) is 4.73. The number of aliphatic hydroxyl groups is 1. The van der Waals surface area contributed by atoms with Crippen molar-refractivity contribution in [3.05, 3.63) is 35.1 Å². The van der Waals surface area contributed by atoms with E-state index in [1.807, 2.05) is 4.90 Å². The first kappa shape index (κ1) is 17.8. The molecular formula is C17H25FN2O3. The van der Waals surface area contributed by atoms with Gasteiger partial charge in [0.25, 0.3) is 0 Å². The summed E-state index contributed by atoms with van der Waals surface area (Å²) in [5.41, 5.74) is 1.01. The number of carboxylic acids is 1. The summed E-state index contributed by atoms with van der Waals surface area (Å²) in [6.07, 6.45) is 1.72. The number of unbranched alkanes of at least 4 members (excludes halogenated alkanes) is 1. The van der Waals surface area contributed by atoms with Crippen LogP contribution in [0.2, 0.25) is 0 Å². The maximum Gasteiger partial charge on any atom is 0.325 e. The molecule has 0 amide bonds. The molecule has 0 spiro atoms. The Kier molecular flexibility index (Phi) is 6.50. The zero-order valence-electron chi connectivity index (χ0n) is 13.5. The summed E-state index contributed by atoms with van der Waals surface area (Å²) >= 11 is 0. The standard InChI is InChI=1S/C17H25FN2O3/c1-13-4-5-14(15(18)12-13)16(17(22)23)20-9-7-19(8-10-20)6-2-3-11-21/h4-5,12,16,21H,2-3,6-11H2,1H3,(H,22,23)/t16-/m0/s1. The fourth-order valence-corrected chi connectivity index (χ4v) is 3.03. The van der Waals surface area contributed by atoms with Crippen molar-refractivity contribution < 1.29 is 19.4 Å². The summed E-state index contributed by atoms with van der Waals surface area (Å²) in [5, 5.41) is 18.4. The summed E-state index contributed by atoms with van der Waals surface area (Å²) in [5.74, 6) is -1.47. The largest absolute Gasteiger partial charge is 0.480 e. The van der Waals surface area contributed by atoms with Crippen molar-refractivity contribution in [3.63, 3.8) is 0 Å². The zero-order valence-corrected chi connectivity index (χ0v) is 13.5. The van der Waals surface area contributed by atoms with Crippen LogP contribution in [0.3, 0.4) is 0 Å². The number of carbonyl (C=O) groups is 1. The van der Waals surface area contributed by atoms with Crippen LogP contribution in [-0.4, -0.2) is 65.3 Å². The highest BCUT2D eigenvalue weighted by Gasteiger charge is 2.32. The molecule has 1 atom stereocenters. The number of aryl methyl sites for hydroxylation is 1. The summed E-state index contributed by atoms with van der Waals surface area (Å²) < 4.78 is 14.2. The van der Waals surface area contributed by atoms with Gasteiger partial charge in [0, 0.05) is 38.3 Å². The Bertz CT molecular complexity index is 531. The van der Waals surface area contributed by atoms with E-state index in [9.17, 15) is 14.3 Å². The Hall–Kier alpha value is -1.50. The van der Waals surface area contributed by atoms with Crippen molar-refractivity contribution in [2.24, 2.45) is 0 Å². The molecule has 0 saturated carbocycles. The molecule has 1 aromatic carbocycles. The molecule has 1 saturated heterocycles. The smallest absolute Gasteiger partial charge is 0.325 e. The van der Waals surface area contributed by atoms with Crippen LogP contribution in [-0.2, 0) is 4.79 Å². The third-order valence-corrected chi connectivity index (χ3v) is 4.34. The molecule has 1 aliphatic rings. The van der Waals surface area contributed by atoms with Gasteiger partial charge >= 0.3 is 5.97 Å². The topological polar surface area (TPSA) is 64.0 Å². The van der Waals surface area contributed by atoms with Crippen molar-refractivity contribution in [3.8, 4) is 0 Å². The first-order valence-electron chi connectivity index (χ1n) is 8.09. The molecular weight excluding hydrogens is 299 g/mol. The van der Waals surface area contributed by atoms with Crippen molar-refractivity contribution in [1.29, 1.82) is 0 Å². The van der Waals surface area contributed by atoms with Crippen molar-refractivity contribution in [2.75, 3.05) is 39.3 Å². The molecule has 0 bridgehead atoms. The van der Waals surface area contributed by atoms with Gasteiger partial charge in [-0.15, -0.1) is 0 Å². The number of hydrogen-bond donors (Lipinski definition) is 2. The molecule has 0 radical (unpaired) electrons. The molecule has 2 N–H and O–H groups in total. The Morgan fingerprint density at radius 2 is 1.96 bits per heavy atom. The number of aliphatic hydroxyl groups excluding tert-OH is 1. The normalized spacial score (nSPS) is 18.0. The molecule has 23 heavy (non-hydrogen) atoms. The lowest BCUT2D eigenvalue weighted by molar-refractivity contribution is -0.144. The number of aliphatic carboxylic acids is 1. The van der Waals surface area contributed by atoms with Gasteiger partial charge in [-0.2, -0.15) is 0 Å². The lowest BCUT2D eigenvalue weighted by atomic mass is 10.0. The van der Waals surface area contributed by atoms with E-state index in [1.54, 1.807) is 19.1 Å². The molecule has 5 nitrogen and oxygen atoms in total. The maximum atomic E-state index is 14.2. The Labute approximate surface area is 136 Å². The van der Waals surface area contributed by atoms with E-state index in [-0.39, 0.29) is 12.2 Å². The van der Waals surface area contributed by atoms with Gasteiger partial charge in [0.2, 0.25) is 0 Å². The van der Waals surface area contributed by atoms with Crippen molar-refractivity contribution in [1.82, 2.24) is 9.80 Å². The molecule has 1 fully saturated rings. The van der Waals surface area contributed by atoms with Gasteiger partial charge in [-0.3, -0.25) is 9.69 Å². The SMILES string of the molecule is Cc1ccc([C@@H](C(=O)O)N2CCN(CCCCO)CC2)c(F)c1. The van der Waals surface area contributed by atoms with Crippen molar-refractivity contribution >= 4 is 5.97 Å². The van der Waals surface area contributed by atoms with Gasteiger partial charge in [-0.1, -0.05) is 12.1 Å². The minimum Gasteiger partial charge on any atom is -0.480 e. The van der Waals surface area contributed by atoms with Crippen LogP contribution in [0.25, 0.3) is 0 Å². The zero-order chi connectivity index (χ0) is 16.8. The third-order valence-electron chi connectivity index (χ3n) is 4.34. The molecule has 0 aliphatic carbocycles. The van der Waals surface area contributed by atoms with Gasteiger partial charge in [0.05, 0.1) is 0 Å². The lowest BCUT2D eigenvalue weighted by Crippen LogP contribution is -2.49. The minimum atomic E-state index is -1.01. The number of halogens is 1. The first-order chi connectivity index (χ1) is 11.0. The Morgan fingerprint density at radius 1 is 1.26 bits per heavy atom. The van der Waals surface area contributed by atoms with Crippen LogP contribution < -0.4 is 0 Å². The van der Waals surface area contributed by atoms with E-state index in [1.165, 1.54) is 6.07 Å². The highest BCUT2D eigenvalue weighted by Crippen LogP contribution is 2.25. The summed E-state index contributed by atoms with van der Waals surface area (Å²) in [4.78, 5) is 15.8. The van der Waals surface area contributed by atoms with Gasteiger partial charge in [0.15, 0.2) is 0 Å². The predicted molar refractivity (Wildman–Crippen MR) is 85.8 cm³/mol. The summed E-state index contributed by atoms with van der Waals surface area (Å²) in [6.45, 7) is 5.63. The van der Waals surface area contributed by atoms with Crippen LogP contribution in [0.15, 0.2) is 18.2 Å². The molecule has 6 heteroatoms. The highest BCUT2D eigenvalue weighted by molar-refractivity contribution is 5.75. The first-order valence-corrected chi connectivity index (χ1v) is 8.09. The number of piperazine rings is 1. The second-order valence-electron chi connectivity index (χ2n) is 6.07. The van der Waals surface area contributed by atoms with E-state index in [2.05, 4.69) is 4.90 Å². The molecule has 0 aromatic heterocycles. The molecule has 2 rings (SSSR count). The monoisotopic (exact) mass is 324 g/mol. The fourth-order valence-electron chi connectivity index (χ4n) is 3.03.